The second-order valence-corrected chi connectivity index (χ2v) is 4.95. The van der Waals surface area contributed by atoms with Crippen LogP contribution in [0.15, 0.2) is 30.3 Å². The van der Waals surface area contributed by atoms with E-state index < -0.39 is 0 Å². The molecule has 0 saturated carbocycles. The van der Waals surface area contributed by atoms with Gasteiger partial charge in [-0.15, -0.1) is 0 Å². The average molecular weight is 262 g/mol. The number of nitrogens with one attached hydrogen (secondary N) is 2. The van der Waals surface area contributed by atoms with E-state index in [-0.39, 0.29) is 11.9 Å². The average Bonchev–Trinajstić information content (AvgIpc) is 2.44. The van der Waals surface area contributed by atoms with Crippen molar-refractivity contribution in [2.45, 2.75) is 52.1 Å². The van der Waals surface area contributed by atoms with Crippen LogP contribution in [0, 0.1) is 0 Å². The van der Waals surface area contributed by atoms with E-state index in [1.54, 1.807) is 0 Å². The zero-order valence-corrected chi connectivity index (χ0v) is 12.3. The lowest BCUT2D eigenvalue weighted by molar-refractivity contribution is -0.121. The highest BCUT2D eigenvalue weighted by atomic mass is 16.1. The summed E-state index contributed by atoms with van der Waals surface area (Å²) in [7, 11) is 0. The molecule has 1 amide bonds. The fourth-order valence-electron chi connectivity index (χ4n) is 1.99. The summed E-state index contributed by atoms with van der Waals surface area (Å²) < 4.78 is 0. The minimum absolute atomic E-state index is 0.129. The fourth-order valence-corrected chi connectivity index (χ4v) is 1.99. The van der Waals surface area contributed by atoms with E-state index in [0.717, 1.165) is 19.4 Å². The van der Waals surface area contributed by atoms with Crippen LogP contribution in [0.2, 0.25) is 0 Å². The highest BCUT2D eigenvalue weighted by Gasteiger charge is 2.09. The Morgan fingerprint density at radius 3 is 2.42 bits per heavy atom. The Hall–Kier alpha value is -1.35. The Morgan fingerprint density at radius 2 is 1.84 bits per heavy atom. The minimum atomic E-state index is 0.129. The van der Waals surface area contributed by atoms with Gasteiger partial charge in [-0.1, -0.05) is 44.2 Å². The van der Waals surface area contributed by atoms with Crippen molar-refractivity contribution >= 4 is 5.91 Å². The SMILES string of the molecule is CCC(C)NC(=O)CCNC(CC)c1ccccc1. The topological polar surface area (TPSA) is 41.1 Å². The molecule has 0 radical (unpaired) electrons. The normalized spacial score (nSPS) is 13.8. The number of carbonyl (C=O) groups excluding carboxylic acids is 1. The zero-order valence-electron chi connectivity index (χ0n) is 12.3. The number of carbonyl (C=O) groups is 1. The molecule has 1 aromatic carbocycles. The van der Waals surface area contributed by atoms with Gasteiger partial charge in [-0.3, -0.25) is 4.79 Å². The quantitative estimate of drug-likeness (QED) is 0.756. The lowest BCUT2D eigenvalue weighted by atomic mass is 10.0. The Balaban J connectivity index is 2.33. The Morgan fingerprint density at radius 1 is 1.16 bits per heavy atom. The summed E-state index contributed by atoms with van der Waals surface area (Å²) in [6.07, 6.45) is 2.53. The highest BCUT2D eigenvalue weighted by Crippen LogP contribution is 2.15. The summed E-state index contributed by atoms with van der Waals surface area (Å²) in [6, 6.07) is 11.0. The van der Waals surface area contributed by atoms with Crippen molar-refractivity contribution in [2.75, 3.05) is 6.54 Å². The van der Waals surface area contributed by atoms with Crippen molar-refractivity contribution < 1.29 is 4.79 Å². The van der Waals surface area contributed by atoms with E-state index in [1.807, 2.05) is 13.0 Å². The number of rotatable bonds is 8. The van der Waals surface area contributed by atoms with Gasteiger partial charge in [0.25, 0.3) is 0 Å². The van der Waals surface area contributed by atoms with Gasteiger partial charge in [-0.05, 0) is 25.3 Å². The van der Waals surface area contributed by atoms with Crippen molar-refractivity contribution in [3.8, 4) is 0 Å². The van der Waals surface area contributed by atoms with Gasteiger partial charge in [0.05, 0.1) is 0 Å². The summed E-state index contributed by atoms with van der Waals surface area (Å²) in [5.41, 5.74) is 1.28. The number of hydrogen-bond donors (Lipinski definition) is 2. The summed E-state index contributed by atoms with van der Waals surface area (Å²) in [5, 5.41) is 6.43. The van der Waals surface area contributed by atoms with Crippen molar-refractivity contribution in [1.82, 2.24) is 10.6 Å². The third kappa shape index (κ3) is 5.88. The standard InChI is InChI=1S/C16H26N2O/c1-4-13(3)18-16(19)11-12-17-15(5-2)14-9-7-6-8-10-14/h6-10,13,15,17H,4-5,11-12H2,1-3H3,(H,18,19). The first-order valence-electron chi connectivity index (χ1n) is 7.25. The van der Waals surface area contributed by atoms with Gasteiger partial charge in [-0.25, -0.2) is 0 Å². The Bertz CT molecular complexity index is 364. The molecule has 106 valence electrons. The first-order valence-corrected chi connectivity index (χ1v) is 7.25. The van der Waals surface area contributed by atoms with Gasteiger partial charge >= 0.3 is 0 Å². The van der Waals surface area contributed by atoms with E-state index in [0.29, 0.717) is 12.5 Å². The molecule has 0 aliphatic carbocycles. The molecule has 0 aromatic heterocycles. The Labute approximate surface area is 116 Å². The Kier molecular flexibility index (Phi) is 7.19. The molecule has 0 fully saturated rings. The second-order valence-electron chi connectivity index (χ2n) is 4.95. The third-order valence-corrected chi connectivity index (χ3v) is 3.37. The van der Waals surface area contributed by atoms with Crippen LogP contribution in [0.1, 0.15) is 51.6 Å². The van der Waals surface area contributed by atoms with Gasteiger partial charge in [-0.2, -0.15) is 0 Å². The molecule has 1 aromatic rings. The maximum atomic E-state index is 11.7. The summed E-state index contributed by atoms with van der Waals surface area (Å²) in [4.78, 5) is 11.7. The number of hydrogen-bond acceptors (Lipinski definition) is 2. The number of benzene rings is 1. The van der Waals surface area contributed by atoms with Crippen LogP contribution in [-0.4, -0.2) is 18.5 Å². The van der Waals surface area contributed by atoms with E-state index in [1.165, 1.54) is 5.56 Å². The fraction of sp³-hybridized carbons (Fsp3) is 0.562. The van der Waals surface area contributed by atoms with Gasteiger partial charge < -0.3 is 10.6 Å². The lowest BCUT2D eigenvalue weighted by Crippen LogP contribution is -2.34. The lowest BCUT2D eigenvalue weighted by Gasteiger charge is -2.18. The maximum absolute atomic E-state index is 11.7. The second kappa shape index (κ2) is 8.70. The maximum Gasteiger partial charge on any atom is 0.221 e. The van der Waals surface area contributed by atoms with Gasteiger partial charge in [0, 0.05) is 25.0 Å². The van der Waals surface area contributed by atoms with Gasteiger partial charge in [0.1, 0.15) is 0 Å². The van der Waals surface area contributed by atoms with Crippen LogP contribution in [-0.2, 0) is 4.79 Å². The van der Waals surface area contributed by atoms with Crippen molar-refractivity contribution in [3.63, 3.8) is 0 Å². The van der Waals surface area contributed by atoms with Gasteiger partial charge in [0.15, 0.2) is 0 Å². The zero-order chi connectivity index (χ0) is 14.1. The van der Waals surface area contributed by atoms with Crippen LogP contribution >= 0.6 is 0 Å². The molecular weight excluding hydrogens is 236 g/mol. The predicted molar refractivity (Wildman–Crippen MR) is 80.0 cm³/mol. The molecule has 0 aliphatic rings. The molecule has 0 saturated heterocycles. The third-order valence-electron chi connectivity index (χ3n) is 3.37. The molecule has 2 atom stereocenters. The van der Waals surface area contributed by atoms with Crippen LogP contribution < -0.4 is 10.6 Å². The van der Waals surface area contributed by atoms with Crippen molar-refractivity contribution in [1.29, 1.82) is 0 Å². The van der Waals surface area contributed by atoms with Crippen LogP contribution in [0.25, 0.3) is 0 Å². The highest BCUT2D eigenvalue weighted by molar-refractivity contribution is 5.76. The smallest absolute Gasteiger partial charge is 0.221 e. The molecule has 19 heavy (non-hydrogen) atoms. The molecular formula is C16H26N2O. The summed E-state index contributed by atoms with van der Waals surface area (Å²) >= 11 is 0. The summed E-state index contributed by atoms with van der Waals surface area (Å²) in [6.45, 7) is 6.98. The molecule has 0 spiro atoms. The predicted octanol–water partition coefficient (Wildman–Crippen LogP) is 3.03. The van der Waals surface area contributed by atoms with E-state index in [9.17, 15) is 4.79 Å². The molecule has 3 nitrogen and oxygen atoms in total. The van der Waals surface area contributed by atoms with Crippen LogP contribution in [0.5, 0.6) is 0 Å². The molecule has 3 heteroatoms. The summed E-state index contributed by atoms with van der Waals surface area (Å²) in [5.74, 6) is 0.129. The van der Waals surface area contributed by atoms with Crippen LogP contribution in [0.4, 0.5) is 0 Å². The molecule has 0 aliphatic heterocycles. The van der Waals surface area contributed by atoms with Gasteiger partial charge in [0.2, 0.25) is 5.91 Å². The largest absolute Gasteiger partial charge is 0.354 e. The monoisotopic (exact) mass is 262 g/mol. The molecule has 2 N–H and O–H groups in total. The molecule has 0 bridgehead atoms. The molecule has 1 rings (SSSR count). The minimum Gasteiger partial charge on any atom is -0.354 e. The first-order chi connectivity index (χ1) is 9.17. The van der Waals surface area contributed by atoms with Crippen molar-refractivity contribution in [2.24, 2.45) is 0 Å². The van der Waals surface area contributed by atoms with E-state index >= 15 is 0 Å². The van der Waals surface area contributed by atoms with Crippen LogP contribution in [0.3, 0.4) is 0 Å². The number of amides is 1. The van der Waals surface area contributed by atoms with E-state index in [2.05, 4.69) is 48.7 Å². The first kappa shape index (κ1) is 15.7. The van der Waals surface area contributed by atoms with E-state index in [4.69, 9.17) is 0 Å². The molecule has 0 heterocycles. The van der Waals surface area contributed by atoms with Crippen molar-refractivity contribution in [3.05, 3.63) is 35.9 Å². The molecule has 2 unspecified atom stereocenters.